The first kappa shape index (κ1) is 14.9. The number of likely N-dealkylation sites (tertiary alicyclic amines) is 1. The number of hydrogen-bond acceptors (Lipinski definition) is 3. The average Bonchev–Trinajstić information content (AvgIpc) is 2.55. The van der Waals surface area contributed by atoms with Gasteiger partial charge in [0, 0.05) is 19.1 Å². The van der Waals surface area contributed by atoms with Crippen LogP contribution in [0.25, 0.3) is 0 Å². The zero-order chi connectivity index (χ0) is 14.5. The molecule has 1 aromatic rings. The minimum Gasteiger partial charge on any atom is -0.497 e. The Bertz CT molecular complexity index is 455. The summed E-state index contributed by atoms with van der Waals surface area (Å²) in [7, 11) is 1.75. The second kappa shape index (κ2) is 7.28. The Morgan fingerprint density at radius 3 is 2.86 bits per heavy atom. The van der Waals surface area contributed by atoms with Gasteiger partial charge in [-0.05, 0) is 68.5 Å². The maximum atomic E-state index is 5.35. The van der Waals surface area contributed by atoms with E-state index in [-0.39, 0.29) is 0 Å². The molecule has 1 heterocycles. The molecule has 0 saturated carbocycles. The van der Waals surface area contributed by atoms with Crippen LogP contribution in [0.15, 0.2) is 18.2 Å². The van der Waals surface area contributed by atoms with Crippen molar-refractivity contribution in [2.24, 2.45) is 0 Å². The number of piperidine rings is 1. The number of nitrogens with one attached hydrogen (secondary N) is 1. The monoisotopic (exact) mass is 288 g/mol. The predicted octanol–water partition coefficient (Wildman–Crippen LogP) is 3.15. The Labute approximate surface area is 128 Å². The van der Waals surface area contributed by atoms with Crippen molar-refractivity contribution in [1.29, 1.82) is 0 Å². The summed E-state index contributed by atoms with van der Waals surface area (Å²) in [6.45, 7) is 4.89. The van der Waals surface area contributed by atoms with Crippen molar-refractivity contribution in [3.05, 3.63) is 29.3 Å². The largest absolute Gasteiger partial charge is 0.497 e. The Kier molecular flexibility index (Phi) is 5.15. The molecule has 1 fully saturated rings. The molecule has 3 heteroatoms. The summed E-state index contributed by atoms with van der Waals surface area (Å²) in [5.74, 6) is 0.989. The van der Waals surface area contributed by atoms with Gasteiger partial charge in [-0.3, -0.25) is 0 Å². The molecule has 0 spiro atoms. The quantitative estimate of drug-likeness (QED) is 0.901. The van der Waals surface area contributed by atoms with E-state index in [9.17, 15) is 0 Å². The van der Waals surface area contributed by atoms with Crippen LogP contribution < -0.4 is 10.1 Å². The topological polar surface area (TPSA) is 24.5 Å². The molecule has 21 heavy (non-hydrogen) atoms. The minimum atomic E-state index is 0.532. The van der Waals surface area contributed by atoms with Crippen LogP contribution in [-0.4, -0.2) is 38.2 Å². The molecule has 1 atom stereocenters. The van der Waals surface area contributed by atoms with E-state index in [4.69, 9.17) is 4.74 Å². The van der Waals surface area contributed by atoms with Crippen LogP contribution in [0.5, 0.6) is 5.75 Å². The Morgan fingerprint density at radius 1 is 1.19 bits per heavy atom. The van der Waals surface area contributed by atoms with Gasteiger partial charge >= 0.3 is 0 Å². The van der Waals surface area contributed by atoms with Crippen LogP contribution in [0.3, 0.4) is 0 Å². The van der Waals surface area contributed by atoms with Crippen LogP contribution in [-0.2, 0) is 6.42 Å². The highest BCUT2D eigenvalue weighted by molar-refractivity contribution is 5.39. The van der Waals surface area contributed by atoms with Crippen molar-refractivity contribution in [3.63, 3.8) is 0 Å². The molecule has 0 aromatic heterocycles. The smallest absolute Gasteiger partial charge is 0.119 e. The van der Waals surface area contributed by atoms with Gasteiger partial charge in [0.05, 0.1) is 7.11 Å². The number of methoxy groups -OCH3 is 1. The third-order valence-corrected chi connectivity index (χ3v) is 4.93. The minimum absolute atomic E-state index is 0.532. The first-order valence-electron chi connectivity index (χ1n) is 8.49. The van der Waals surface area contributed by atoms with Gasteiger partial charge in [0.15, 0.2) is 0 Å². The van der Waals surface area contributed by atoms with E-state index >= 15 is 0 Å². The second-order valence-corrected chi connectivity index (χ2v) is 6.37. The van der Waals surface area contributed by atoms with Gasteiger partial charge in [0.2, 0.25) is 0 Å². The summed E-state index contributed by atoms with van der Waals surface area (Å²) in [5, 5.41) is 3.78. The van der Waals surface area contributed by atoms with E-state index in [0.717, 1.165) is 12.3 Å². The number of benzene rings is 1. The summed E-state index contributed by atoms with van der Waals surface area (Å²) in [6.07, 6.45) is 7.91. The number of aryl methyl sites for hydroxylation is 1. The van der Waals surface area contributed by atoms with Crippen molar-refractivity contribution in [1.82, 2.24) is 10.2 Å². The lowest BCUT2D eigenvalue weighted by Crippen LogP contribution is -2.37. The van der Waals surface area contributed by atoms with E-state index in [1.54, 1.807) is 7.11 Å². The van der Waals surface area contributed by atoms with Crippen molar-refractivity contribution < 1.29 is 4.74 Å². The fourth-order valence-corrected chi connectivity index (χ4v) is 3.71. The van der Waals surface area contributed by atoms with Gasteiger partial charge in [0.1, 0.15) is 5.75 Å². The van der Waals surface area contributed by atoms with Crippen LogP contribution in [0.2, 0.25) is 0 Å². The fraction of sp³-hybridized carbons (Fsp3) is 0.667. The highest BCUT2D eigenvalue weighted by Gasteiger charge is 2.20. The van der Waals surface area contributed by atoms with Crippen LogP contribution in [0.4, 0.5) is 0 Å². The molecule has 1 aliphatic carbocycles. The highest BCUT2D eigenvalue weighted by Crippen LogP contribution is 2.32. The zero-order valence-electron chi connectivity index (χ0n) is 13.2. The van der Waals surface area contributed by atoms with Crippen molar-refractivity contribution in [3.8, 4) is 5.75 Å². The molecule has 0 radical (unpaired) electrons. The molecule has 3 nitrogen and oxygen atoms in total. The molecule has 1 aliphatic heterocycles. The normalized spacial score (nSPS) is 22.8. The molecule has 1 N–H and O–H groups in total. The summed E-state index contributed by atoms with van der Waals surface area (Å²) < 4.78 is 5.35. The van der Waals surface area contributed by atoms with Crippen LogP contribution in [0.1, 0.15) is 49.3 Å². The molecule has 0 bridgehead atoms. The maximum absolute atomic E-state index is 5.35. The van der Waals surface area contributed by atoms with E-state index in [0.29, 0.717) is 6.04 Å². The fourth-order valence-electron chi connectivity index (χ4n) is 3.71. The van der Waals surface area contributed by atoms with Gasteiger partial charge < -0.3 is 15.0 Å². The maximum Gasteiger partial charge on any atom is 0.119 e. The Morgan fingerprint density at radius 2 is 2.05 bits per heavy atom. The SMILES string of the molecule is COc1ccc2c(c1)CCCC2NCCN1CCCCC1. The van der Waals surface area contributed by atoms with Gasteiger partial charge in [-0.25, -0.2) is 0 Å². The number of rotatable bonds is 5. The molecular weight excluding hydrogens is 260 g/mol. The lowest BCUT2D eigenvalue weighted by atomic mass is 9.87. The lowest BCUT2D eigenvalue weighted by molar-refractivity contribution is 0.225. The van der Waals surface area contributed by atoms with Crippen molar-refractivity contribution in [2.45, 2.75) is 44.6 Å². The Hall–Kier alpha value is -1.06. The summed E-state index contributed by atoms with van der Waals surface area (Å²) in [5.41, 5.74) is 2.96. The Balaban J connectivity index is 1.55. The van der Waals surface area contributed by atoms with Gasteiger partial charge in [-0.1, -0.05) is 12.5 Å². The second-order valence-electron chi connectivity index (χ2n) is 6.37. The van der Waals surface area contributed by atoms with Gasteiger partial charge in [-0.2, -0.15) is 0 Å². The van der Waals surface area contributed by atoms with Gasteiger partial charge in [0.25, 0.3) is 0 Å². The number of nitrogens with zero attached hydrogens (tertiary/aromatic N) is 1. The number of ether oxygens (including phenoxy) is 1. The first-order chi connectivity index (χ1) is 10.4. The third kappa shape index (κ3) is 3.78. The predicted molar refractivity (Wildman–Crippen MR) is 87.0 cm³/mol. The third-order valence-electron chi connectivity index (χ3n) is 4.93. The summed E-state index contributed by atoms with van der Waals surface area (Å²) >= 11 is 0. The molecule has 3 rings (SSSR count). The van der Waals surface area contributed by atoms with E-state index in [1.165, 1.54) is 69.3 Å². The lowest BCUT2D eigenvalue weighted by Gasteiger charge is -2.30. The number of fused-ring (bicyclic) bond motifs is 1. The highest BCUT2D eigenvalue weighted by atomic mass is 16.5. The van der Waals surface area contributed by atoms with E-state index in [2.05, 4.69) is 28.4 Å². The molecule has 1 saturated heterocycles. The van der Waals surface area contributed by atoms with Crippen molar-refractivity contribution >= 4 is 0 Å². The van der Waals surface area contributed by atoms with Gasteiger partial charge in [-0.15, -0.1) is 0 Å². The van der Waals surface area contributed by atoms with E-state index in [1.807, 2.05) is 0 Å². The standard InChI is InChI=1S/C18H28N2O/c1-21-16-8-9-17-15(14-16)6-5-7-18(17)19-10-13-20-11-3-2-4-12-20/h8-9,14,18-19H,2-7,10-13H2,1H3. The van der Waals surface area contributed by atoms with Crippen LogP contribution >= 0.6 is 0 Å². The van der Waals surface area contributed by atoms with Crippen LogP contribution in [0, 0.1) is 0 Å². The summed E-state index contributed by atoms with van der Waals surface area (Å²) in [4.78, 5) is 2.61. The molecule has 116 valence electrons. The average molecular weight is 288 g/mol. The molecule has 2 aliphatic rings. The van der Waals surface area contributed by atoms with Crippen molar-refractivity contribution in [2.75, 3.05) is 33.3 Å². The first-order valence-corrected chi connectivity index (χ1v) is 8.49. The molecular formula is C18H28N2O. The summed E-state index contributed by atoms with van der Waals surface area (Å²) in [6, 6.07) is 7.10. The van der Waals surface area contributed by atoms with E-state index < -0.39 is 0 Å². The molecule has 0 amide bonds. The molecule has 1 unspecified atom stereocenters. The number of hydrogen-bond donors (Lipinski definition) is 1. The molecule has 1 aromatic carbocycles. The zero-order valence-corrected chi connectivity index (χ0v) is 13.2.